The molecule has 1 atom stereocenters. The predicted molar refractivity (Wildman–Crippen MR) is 61.7 cm³/mol. The van der Waals surface area contributed by atoms with E-state index in [4.69, 9.17) is 0 Å². The van der Waals surface area contributed by atoms with Gasteiger partial charge in [0.25, 0.3) is 0 Å². The van der Waals surface area contributed by atoms with Gasteiger partial charge in [0.2, 0.25) is 0 Å². The van der Waals surface area contributed by atoms with E-state index in [-0.39, 0.29) is 0 Å². The summed E-state index contributed by atoms with van der Waals surface area (Å²) in [5.41, 5.74) is 2.97. The minimum absolute atomic E-state index is 0.390. The molecule has 0 saturated heterocycles. The summed E-state index contributed by atoms with van der Waals surface area (Å²) in [6.07, 6.45) is 4.20. The highest BCUT2D eigenvalue weighted by Crippen LogP contribution is 2.25. The molecule has 0 bridgehead atoms. The van der Waals surface area contributed by atoms with Crippen LogP contribution < -0.4 is 0 Å². The van der Waals surface area contributed by atoms with E-state index in [1.54, 1.807) is 0 Å². The summed E-state index contributed by atoms with van der Waals surface area (Å²) >= 11 is 0. The molecule has 0 spiro atoms. The molecule has 0 amide bonds. The topological polar surface area (TPSA) is 38.1 Å². The molecule has 1 aromatic heterocycles. The number of aryl methyl sites for hydroxylation is 2. The van der Waals surface area contributed by atoms with Crippen molar-refractivity contribution in [2.24, 2.45) is 7.05 Å². The Balaban J connectivity index is 2.72. The number of aliphatic hydroxyl groups excluding tert-OH is 1. The van der Waals surface area contributed by atoms with E-state index >= 15 is 0 Å². The van der Waals surface area contributed by atoms with E-state index < -0.39 is 6.10 Å². The van der Waals surface area contributed by atoms with Crippen LogP contribution in [0.2, 0.25) is 0 Å². The third-order valence-electron chi connectivity index (χ3n) is 2.78. The number of unbranched alkanes of at least 4 members (excludes halogenated alkanes) is 1. The van der Waals surface area contributed by atoms with Gasteiger partial charge < -0.3 is 5.11 Å². The van der Waals surface area contributed by atoms with Crippen molar-refractivity contribution in [1.82, 2.24) is 9.78 Å². The zero-order valence-corrected chi connectivity index (χ0v) is 9.82. The number of allylic oxidation sites excluding steroid dienone is 1. The van der Waals surface area contributed by atoms with Gasteiger partial charge >= 0.3 is 0 Å². The summed E-state index contributed by atoms with van der Waals surface area (Å²) in [4.78, 5) is 0. The average molecular weight is 208 g/mol. The second-order valence-corrected chi connectivity index (χ2v) is 3.94. The van der Waals surface area contributed by atoms with Crippen LogP contribution in [0.25, 0.3) is 0 Å². The second-order valence-electron chi connectivity index (χ2n) is 3.94. The van der Waals surface area contributed by atoms with Crippen LogP contribution in [0.5, 0.6) is 0 Å². The fourth-order valence-electron chi connectivity index (χ4n) is 1.87. The minimum Gasteiger partial charge on any atom is -0.388 e. The highest BCUT2D eigenvalue weighted by molar-refractivity contribution is 5.26. The number of hydrogen-bond acceptors (Lipinski definition) is 2. The Morgan fingerprint density at radius 1 is 1.53 bits per heavy atom. The second kappa shape index (κ2) is 5.12. The Labute approximate surface area is 91.4 Å². The molecule has 1 aromatic rings. The lowest BCUT2D eigenvalue weighted by molar-refractivity contribution is 0.163. The maximum Gasteiger partial charge on any atom is 0.0826 e. The number of rotatable bonds is 5. The van der Waals surface area contributed by atoms with Crippen molar-refractivity contribution >= 4 is 0 Å². The molecule has 1 heterocycles. The molecule has 3 nitrogen and oxygen atoms in total. The normalized spacial score (nSPS) is 12.8. The number of hydrogen-bond donors (Lipinski definition) is 1. The maximum absolute atomic E-state index is 10.0. The van der Waals surface area contributed by atoms with Crippen molar-refractivity contribution in [3.63, 3.8) is 0 Å². The number of aliphatic hydroxyl groups is 1. The summed E-state index contributed by atoms with van der Waals surface area (Å²) in [5.74, 6) is 0. The fraction of sp³-hybridized carbons (Fsp3) is 0.583. The predicted octanol–water partition coefficient (Wildman–Crippen LogP) is 2.43. The first kappa shape index (κ1) is 12.0. The number of aromatic nitrogens is 2. The summed E-state index contributed by atoms with van der Waals surface area (Å²) in [5, 5.41) is 14.3. The maximum atomic E-state index is 10.0. The molecule has 0 saturated carbocycles. The Hall–Kier alpha value is -1.09. The molecule has 15 heavy (non-hydrogen) atoms. The van der Waals surface area contributed by atoms with Gasteiger partial charge in [0.15, 0.2) is 0 Å². The van der Waals surface area contributed by atoms with Gasteiger partial charge in [0.1, 0.15) is 0 Å². The molecule has 0 aliphatic heterocycles. The van der Waals surface area contributed by atoms with E-state index in [0.717, 1.165) is 36.2 Å². The van der Waals surface area contributed by atoms with Crippen molar-refractivity contribution in [1.29, 1.82) is 0 Å². The quantitative estimate of drug-likeness (QED) is 0.596. The SMILES string of the molecule is C=CCCCC(O)c1c(C)nn(C)c1C. The Morgan fingerprint density at radius 2 is 2.20 bits per heavy atom. The van der Waals surface area contributed by atoms with Crippen LogP contribution in [0.1, 0.15) is 42.3 Å². The van der Waals surface area contributed by atoms with Crippen LogP contribution in [0.15, 0.2) is 12.7 Å². The van der Waals surface area contributed by atoms with Crippen LogP contribution in [0.4, 0.5) is 0 Å². The highest BCUT2D eigenvalue weighted by atomic mass is 16.3. The van der Waals surface area contributed by atoms with Crippen molar-refractivity contribution in [2.75, 3.05) is 0 Å². The smallest absolute Gasteiger partial charge is 0.0826 e. The van der Waals surface area contributed by atoms with E-state index in [1.165, 1.54) is 0 Å². The zero-order valence-electron chi connectivity index (χ0n) is 9.82. The molecule has 1 N–H and O–H groups in total. The Morgan fingerprint density at radius 3 is 2.67 bits per heavy atom. The monoisotopic (exact) mass is 208 g/mol. The van der Waals surface area contributed by atoms with Gasteiger partial charge in [0.05, 0.1) is 11.8 Å². The van der Waals surface area contributed by atoms with E-state index in [9.17, 15) is 5.11 Å². The standard InChI is InChI=1S/C12H20N2O/c1-5-6-7-8-11(15)12-9(2)13-14(4)10(12)3/h5,11,15H,1,6-8H2,2-4H3. The summed E-state index contributed by atoms with van der Waals surface area (Å²) in [6, 6.07) is 0. The van der Waals surface area contributed by atoms with Crippen molar-refractivity contribution in [2.45, 2.75) is 39.2 Å². The van der Waals surface area contributed by atoms with Crippen LogP contribution in [0.3, 0.4) is 0 Å². The van der Waals surface area contributed by atoms with Gasteiger partial charge in [-0.2, -0.15) is 5.10 Å². The summed E-state index contributed by atoms with van der Waals surface area (Å²) in [6.45, 7) is 7.61. The van der Waals surface area contributed by atoms with Crippen LogP contribution >= 0.6 is 0 Å². The lowest BCUT2D eigenvalue weighted by atomic mass is 10.0. The fourth-order valence-corrected chi connectivity index (χ4v) is 1.87. The van der Waals surface area contributed by atoms with E-state index in [1.807, 2.05) is 31.7 Å². The first-order chi connectivity index (χ1) is 7.07. The van der Waals surface area contributed by atoms with Gasteiger partial charge in [-0.3, -0.25) is 4.68 Å². The average Bonchev–Trinajstić information content (AvgIpc) is 2.41. The molecule has 0 aromatic carbocycles. The molecule has 0 aliphatic rings. The largest absolute Gasteiger partial charge is 0.388 e. The molecule has 3 heteroatoms. The molecular weight excluding hydrogens is 188 g/mol. The lowest BCUT2D eigenvalue weighted by Gasteiger charge is -2.10. The molecule has 0 fully saturated rings. The van der Waals surface area contributed by atoms with Gasteiger partial charge in [-0.15, -0.1) is 6.58 Å². The molecule has 0 aliphatic carbocycles. The van der Waals surface area contributed by atoms with Gasteiger partial charge in [-0.1, -0.05) is 6.08 Å². The molecule has 0 radical (unpaired) electrons. The summed E-state index contributed by atoms with van der Waals surface area (Å²) < 4.78 is 1.82. The first-order valence-corrected chi connectivity index (χ1v) is 5.37. The van der Waals surface area contributed by atoms with E-state index in [0.29, 0.717) is 0 Å². The van der Waals surface area contributed by atoms with Crippen LogP contribution in [0, 0.1) is 13.8 Å². The molecule has 1 rings (SSSR count). The van der Waals surface area contributed by atoms with Crippen LogP contribution in [-0.2, 0) is 7.05 Å². The zero-order chi connectivity index (χ0) is 11.4. The van der Waals surface area contributed by atoms with Crippen molar-refractivity contribution in [3.05, 3.63) is 29.6 Å². The van der Waals surface area contributed by atoms with Crippen molar-refractivity contribution < 1.29 is 5.11 Å². The first-order valence-electron chi connectivity index (χ1n) is 5.37. The number of nitrogens with zero attached hydrogens (tertiary/aromatic N) is 2. The Kier molecular flexibility index (Phi) is 4.09. The lowest BCUT2D eigenvalue weighted by Crippen LogP contribution is -2.01. The Bertz CT molecular complexity index is 342. The van der Waals surface area contributed by atoms with Crippen LogP contribution in [-0.4, -0.2) is 14.9 Å². The summed E-state index contributed by atoms with van der Waals surface area (Å²) in [7, 11) is 1.91. The van der Waals surface area contributed by atoms with Crippen molar-refractivity contribution in [3.8, 4) is 0 Å². The molecule has 84 valence electrons. The van der Waals surface area contributed by atoms with Gasteiger partial charge in [-0.25, -0.2) is 0 Å². The highest BCUT2D eigenvalue weighted by Gasteiger charge is 2.16. The molecule has 1 unspecified atom stereocenters. The molecular formula is C12H20N2O. The van der Waals surface area contributed by atoms with Gasteiger partial charge in [-0.05, 0) is 33.1 Å². The third-order valence-corrected chi connectivity index (χ3v) is 2.78. The van der Waals surface area contributed by atoms with E-state index in [2.05, 4.69) is 11.7 Å². The van der Waals surface area contributed by atoms with Gasteiger partial charge in [0, 0.05) is 18.3 Å². The third kappa shape index (κ3) is 2.69. The minimum atomic E-state index is -0.390.